The average Bonchev–Trinajstić information content (AvgIpc) is 2.62. The minimum Gasteiger partial charge on any atom is -0.291 e. The van der Waals surface area contributed by atoms with E-state index in [0.717, 1.165) is 54.5 Å². The lowest BCUT2D eigenvalue weighted by atomic mass is 10.1. The largest absolute Gasteiger partial charge is 0.291 e. The van der Waals surface area contributed by atoms with Crippen LogP contribution in [0.25, 0.3) is 11.4 Å². The lowest BCUT2D eigenvalue weighted by molar-refractivity contribution is 0.238. The highest BCUT2D eigenvalue weighted by Gasteiger charge is 2.19. The van der Waals surface area contributed by atoms with Gasteiger partial charge in [0.05, 0.1) is 11.4 Å². The fourth-order valence-corrected chi connectivity index (χ4v) is 3.14. The molecule has 0 spiro atoms. The van der Waals surface area contributed by atoms with E-state index in [1.54, 1.807) is 0 Å². The first-order chi connectivity index (χ1) is 11.8. The lowest BCUT2D eigenvalue weighted by Gasteiger charge is -2.27. The van der Waals surface area contributed by atoms with Gasteiger partial charge in [0.25, 0.3) is 0 Å². The number of aryl methyl sites for hydroxylation is 1. The van der Waals surface area contributed by atoms with Crippen LogP contribution in [-0.2, 0) is 19.5 Å². The van der Waals surface area contributed by atoms with Gasteiger partial charge >= 0.3 is 0 Å². The summed E-state index contributed by atoms with van der Waals surface area (Å²) in [6.07, 6.45) is 2.99. The Morgan fingerprint density at radius 3 is 2.71 bits per heavy atom. The first-order valence-electron chi connectivity index (χ1n) is 8.33. The summed E-state index contributed by atoms with van der Waals surface area (Å²) in [7, 11) is 0. The molecule has 0 bridgehead atoms. The molecule has 3 aromatic rings. The predicted octanol–water partition coefficient (Wildman–Crippen LogP) is 3.41. The van der Waals surface area contributed by atoms with E-state index in [1.165, 1.54) is 5.56 Å². The molecule has 0 atom stereocenters. The van der Waals surface area contributed by atoms with Gasteiger partial charge < -0.3 is 0 Å². The highest BCUT2D eigenvalue weighted by atomic mass is 15.1. The molecular formula is C20H20N4. The Labute approximate surface area is 142 Å². The molecule has 1 aliphatic heterocycles. The number of hydrogen-bond donors (Lipinski definition) is 0. The first kappa shape index (κ1) is 15.0. The van der Waals surface area contributed by atoms with Crippen LogP contribution in [0.1, 0.15) is 22.6 Å². The van der Waals surface area contributed by atoms with Crippen LogP contribution in [0.3, 0.4) is 0 Å². The smallest absolute Gasteiger partial charge is 0.159 e. The number of nitrogens with zero attached hydrogens (tertiary/aromatic N) is 4. The van der Waals surface area contributed by atoms with Gasteiger partial charge in [0.1, 0.15) is 0 Å². The third-order valence-corrected chi connectivity index (χ3v) is 4.39. The maximum atomic E-state index is 4.82. The predicted molar refractivity (Wildman–Crippen MR) is 94.3 cm³/mol. The average molecular weight is 316 g/mol. The van der Waals surface area contributed by atoms with Crippen molar-refractivity contribution in [1.82, 2.24) is 19.9 Å². The molecule has 0 saturated heterocycles. The lowest BCUT2D eigenvalue weighted by Crippen LogP contribution is -2.31. The zero-order chi connectivity index (χ0) is 16.4. The van der Waals surface area contributed by atoms with Gasteiger partial charge in [-0.3, -0.25) is 9.88 Å². The topological polar surface area (TPSA) is 41.9 Å². The molecule has 2 aromatic heterocycles. The quantitative estimate of drug-likeness (QED) is 0.742. The monoisotopic (exact) mass is 316 g/mol. The standard InChI is InChI=1S/C20H20N4/c1-15-6-5-9-18(22-15)13-24-11-10-17-12-21-20(23-19(17)14-24)16-7-3-2-4-8-16/h2-9,12H,10-11,13-14H2,1H3. The summed E-state index contributed by atoms with van der Waals surface area (Å²) >= 11 is 0. The van der Waals surface area contributed by atoms with Crippen LogP contribution in [0.4, 0.5) is 0 Å². The second-order valence-corrected chi connectivity index (χ2v) is 6.26. The molecule has 0 unspecified atom stereocenters. The number of hydrogen-bond acceptors (Lipinski definition) is 4. The summed E-state index contributed by atoms with van der Waals surface area (Å²) in [5.74, 6) is 0.810. The van der Waals surface area contributed by atoms with Gasteiger partial charge in [-0.15, -0.1) is 0 Å². The van der Waals surface area contributed by atoms with Gasteiger partial charge in [0, 0.05) is 37.1 Å². The Bertz CT molecular complexity index is 845. The van der Waals surface area contributed by atoms with Gasteiger partial charge in [0.2, 0.25) is 0 Å². The molecule has 0 saturated carbocycles. The van der Waals surface area contributed by atoms with Crippen LogP contribution in [-0.4, -0.2) is 26.4 Å². The molecule has 0 fully saturated rings. The van der Waals surface area contributed by atoms with Crippen LogP contribution in [0.15, 0.2) is 54.7 Å². The van der Waals surface area contributed by atoms with Crippen molar-refractivity contribution in [3.05, 3.63) is 77.4 Å². The Morgan fingerprint density at radius 2 is 1.88 bits per heavy atom. The van der Waals surface area contributed by atoms with E-state index in [0.29, 0.717) is 0 Å². The van der Waals surface area contributed by atoms with Crippen molar-refractivity contribution >= 4 is 0 Å². The summed E-state index contributed by atoms with van der Waals surface area (Å²) in [6, 6.07) is 16.4. The Hall–Kier alpha value is -2.59. The van der Waals surface area contributed by atoms with Crippen molar-refractivity contribution in [2.24, 2.45) is 0 Å². The van der Waals surface area contributed by atoms with Crippen LogP contribution >= 0.6 is 0 Å². The molecule has 0 N–H and O–H groups in total. The Morgan fingerprint density at radius 1 is 1.00 bits per heavy atom. The third-order valence-electron chi connectivity index (χ3n) is 4.39. The van der Waals surface area contributed by atoms with Crippen LogP contribution in [0.5, 0.6) is 0 Å². The highest BCUT2D eigenvalue weighted by molar-refractivity contribution is 5.54. The van der Waals surface area contributed by atoms with Crippen molar-refractivity contribution in [1.29, 1.82) is 0 Å². The molecule has 1 aromatic carbocycles. The normalized spacial score (nSPS) is 14.4. The minimum absolute atomic E-state index is 0.810. The third kappa shape index (κ3) is 3.19. The van der Waals surface area contributed by atoms with E-state index >= 15 is 0 Å². The highest BCUT2D eigenvalue weighted by Crippen LogP contribution is 2.21. The first-order valence-corrected chi connectivity index (χ1v) is 8.33. The van der Waals surface area contributed by atoms with Crippen molar-refractivity contribution in [2.45, 2.75) is 26.4 Å². The molecule has 0 amide bonds. The molecule has 24 heavy (non-hydrogen) atoms. The molecular weight excluding hydrogens is 296 g/mol. The Kier molecular flexibility index (Phi) is 4.05. The van der Waals surface area contributed by atoms with Gasteiger partial charge in [-0.1, -0.05) is 36.4 Å². The number of aromatic nitrogens is 3. The summed E-state index contributed by atoms with van der Waals surface area (Å²) in [5.41, 5.74) is 5.66. The maximum absolute atomic E-state index is 4.82. The maximum Gasteiger partial charge on any atom is 0.159 e. The molecule has 0 aliphatic carbocycles. The van der Waals surface area contributed by atoms with E-state index in [2.05, 4.69) is 39.1 Å². The number of pyridine rings is 1. The van der Waals surface area contributed by atoms with E-state index in [9.17, 15) is 0 Å². The van der Waals surface area contributed by atoms with E-state index in [1.807, 2.05) is 37.4 Å². The zero-order valence-electron chi connectivity index (χ0n) is 13.8. The van der Waals surface area contributed by atoms with Crippen LogP contribution in [0, 0.1) is 6.92 Å². The van der Waals surface area contributed by atoms with Crippen LogP contribution < -0.4 is 0 Å². The summed E-state index contributed by atoms with van der Waals surface area (Å²) in [4.78, 5) is 16.4. The number of benzene rings is 1. The molecule has 4 rings (SSSR count). The summed E-state index contributed by atoms with van der Waals surface area (Å²) in [5, 5.41) is 0. The van der Waals surface area contributed by atoms with Gasteiger partial charge in [-0.05, 0) is 31.0 Å². The molecule has 120 valence electrons. The molecule has 4 nitrogen and oxygen atoms in total. The second-order valence-electron chi connectivity index (χ2n) is 6.26. The molecule has 0 radical (unpaired) electrons. The SMILES string of the molecule is Cc1cccc(CN2CCc3cnc(-c4ccccc4)nc3C2)n1. The number of fused-ring (bicyclic) bond motifs is 1. The van der Waals surface area contributed by atoms with Crippen LogP contribution in [0.2, 0.25) is 0 Å². The second kappa shape index (κ2) is 6.49. The van der Waals surface area contributed by atoms with E-state index in [4.69, 9.17) is 4.98 Å². The fraction of sp³-hybridized carbons (Fsp3) is 0.250. The van der Waals surface area contributed by atoms with Gasteiger partial charge in [0.15, 0.2) is 5.82 Å². The van der Waals surface area contributed by atoms with E-state index in [-0.39, 0.29) is 0 Å². The number of rotatable bonds is 3. The Balaban J connectivity index is 1.55. The van der Waals surface area contributed by atoms with Crippen molar-refractivity contribution in [2.75, 3.05) is 6.54 Å². The van der Waals surface area contributed by atoms with Gasteiger partial charge in [-0.25, -0.2) is 9.97 Å². The molecule has 3 heterocycles. The van der Waals surface area contributed by atoms with Crippen molar-refractivity contribution < 1.29 is 0 Å². The fourth-order valence-electron chi connectivity index (χ4n) is 3.14. The minimum atomic E-state index is 0.810. The molecule has 4 heteroatoms. The van der Waals surface area contributed by atoms with Crippen molar-refractivity contribution in [3.8, 4) is 11.4 Å². The van der Waals surface area contributed by atoms with Gasteiger partial charge in [-0.2, -0.15) is 0 Å². The summed E-state index contributed by atoms with van der Waals surface area (Å²) < 4.78 is 0. The molecule has 1 aliphatic rings. The zero-order valence-corrected chi connectivity index (χ0v) is 13.8. The van der Waals surface area contributed by atoms with E-state index < -0.39 is 0 Å². The van der Waals surface area contributed by atoms with Crippen molar-refractivity contribution in [3.63, 3.8) is 0 Å². The summed E-state index contributed by atoms with van der Waals surface area (Å²) in [6.45, 7) is 4.78.